The number of H-pyrrole nitrogens is 1. The quantitative estimate of drug-likeness (QED) is 0.600. The molecule has 0 spiro atoms. The molecule has 1 aliphatic heterocycles. The Balaban J connectivity index is 1.55. The highest BCUT2D eigenvalue weighted by atomic mass is 16.2. The highest BCUT2D eigenvalue weighted by Crippen LogP contribution is 2.30. The van der Waals surface area contributed by atoms with Crippen LogP contribution >= 0.6 is 0 Å². The van der Waals surface area contributed by atoms with E-state index in [9.17, 15) is 4.79 Å². The molecule has 1 atom stereocenters. The summed E-state index contributed by atoms with van der Waals surface area (Å²) in [5.74, 6) is 1.48. The van der Waals surface area contributed by atoms with Gasteiger partial charge in [-0.1, -0.05) is 48.5 Å². The number of amides is 1. The molecule has 5 rings (SSSR count). The van der Waals surface area contributed by atoms with E-state index in [2.05, 4.69) is 32.4 Å². The lowest BCUT2D eigenvalue weighted by Gasteiger charge is -2.35. The first-order valence-corrected chi connectivity index (χ1v) is 9.40. The van der Waals surface area contributed by atoms with Crippen LogP contribution in [0.2, 0.25) is 0 Å². The molecule has 28 heavy (non-hydrogen) atoms. The molecule has 1 aliphatic rings. The van der Waals surface area contributed by atoms with Gasteiger partial charge in [-0.25, -0.2) is 9.67 Å². The van der Waals surface area contributed by atoms with Crippen LogP contribution in [0.5, 0.6) is 0 Å². The third kappa shape index (κ3) is 2.76. The number of aromatic amines is 1. The van der Waals surface area contributed by atoms with E-state index in [0.29, 0.717) is 25.2 Å². The maximum absolute atomic E-state index is 13.5. The third-order valence-electron chi connectivity index (χ3n) is 5.24. The summed E-state index contributed by atoms with van der Waals surface area (Å²) in [7, 11) is 0. The highest BCUT2D eigenvalue weighted by Gasteiger charge is 2.35. The van der Waals surface area contributed by atoms with Crippen molar-refractivity contribution < 1.29 is 4.79 Å². The number of rotatable bonds is 3. The minimum absolute atomic E-state index is 0.0784. The third-order valence-corrected chi connectivity index (χ3v) is 5.24. The van der Waals surface area contributed by atoms with Crippen LogP contribution in [0.15, 0.2) is 54.6 Å². The van der Waals surface area contributed by atoms with Gasteiger partial charge in [-0.3, -0.25) is 9.89 Å². The van der Waals surface area contributed by atoms with Gasteiger partial charge in [0.15, 0.2) is 5.69 Å². The van der Waals surface area contributed by atoms with Crippen molar-refractivity contribution in [3.63, 3.8) is 0 Å². The fraction of sp³-hybridized carbons (Fsp3) is 0.238. The van der Waals surface area contributed by atoms with E-state index in [1.54, 1.807) is 0 Å². The number of aromatic nitrogens is 5. The largest absolute Gasteiger partial charge is 0.325 e. The van der Waals surface area contributed by atoms with Gasteiger partial charge in [0, 0.05) is 18.4 Å². The Morgan fingerprint density at radius 3 is 2.75 bits per heavy atom. The summed E-state index contributed by atoms with van der Waals surface area (Å²) < 4.78 is 1.93. The Morgan fingerprint density at radius 2 is 1.89 bits per heavy atom. The first kappa shape index (κ1) is 16.7. The number of benzene rings is 2. The zero-order valence-electron chi connectivity index (χ0n) is 15.5. The Kier molecular flexibility index (Phi) is 3.93. The molecule has 0 fully saturated rings. The van der Waals surface area contributed by atoms with Gasteiger partial charge >= 0.3 is 0 Å². The second kappa shape index (κ2) is 6.60. The number of aryl methyl sites for hydroxylation is 1. The summed E-state index contributed by atoms with van der Waals surface area (Å²) in [6.07, 6.45) is 0.688. The molecule has 1 N–H and O–H groups in total. The number of hydrogen-bond acceptors (Lipinski definition) is 4. The number of fused-ring (bicyclic) bond motifs is 2. The minimum Gasteiger partial charge on any atom is -0.325 e. The van der Waals surface area contributed by atoms with E-state index in [1.165, 1.54) is 0 Å². The normalized spacial score (nSPS) is 16.3. The van der Waals surface area contributed by atoms with E-state index in [-0.39, 0.29) is 11.9 Å². The molecule has 0 unspecified atom stereocenters. The number of carbonyl (C=O) groups excluding carboxylic acids is 1. The summed E-state index contributed by atoms with van der Waals surface area (Å²) in [5.41, 5.74) is 2.48. The van der Waals surface area contributed by atoms with Gasteiger partial charge in [-0.15, -0.1) is 0 Å². The average molecular weight is 372 g/mol. The van der Waals surface area contributed by atoms with Crippen molar-refractivity contribution in [2.75, 3.05) is 6.54 Å². The maximum Gasteiger partial charge on any atom is 0.275 e. The standard InChI is InChI=1S/C21H20N6O/c1-14-22-20-18(13-15-7-3-2-4-8-15)26(11-12-27(20)25-14)21(28)19-16-9-5-6-10-17(16)23-24-19/h2-10,18H,11-13H2,1H3,(H,23,24)/t18-/m0/s1. The van der Waals surface area contributed by atoms with Gasteiger partial charge in [-0.05, 0) is 18.6 Å². The zero-order chi connectivity index (χ0) is 19.1. The number of carbonyl (C=O) groups is 1. The molecule has 7 nitrogen and oxygen atoms in total. The molecule has 7 heteroatoms. The van der Waals surface area contributed by atoms with Gasteiger partial charge in [0.25, 0.3) is 5.91 Å². The highest BCUT2D eigenvalue weighted by molar-refractivity contribution is 6.04. The van der Waals surface area contributed by atoms with Crippen LogP contribution in [0.1, 0.15) is 33.7 Å². The van der Waals surface area contributed by atoms with Crippen LogP contribution in [0.4, 0.5) is 0 Å². The van der Waals surface area contributed by atoms with Gasteiger partial charge in [-0.2, -0.15) is 10.2 Å². The molecule has 3 heterocycles. The number of hydrogen-bond donors (Lipinski definition) is 1. The molecule has 0 saturated heterocycles. The van der Waals surface area contributed by atoms with Gasteiger partial charge in [0.05, 0.1) is 18.1 Å². The molecule has 0 saturated carbocycles. The molecular formula is C21H20N6O. The minimum atomic E-state index is -0.180. The molecule has 0 aliphatic carbocycles. The van der Waals surface area contributed by atoms with Crippen molar-refractivity contribution in [1.29, 1.82) is 0 Å². The molecule has 1 amide bonds. The van der Waals surface area contributed by atoms with Crippen LogP contribution < -0.4 is 0 Å². The first-order chi connectivity index (χ1) is 13.7. The molecule has 0 bridgehead atoms. The number of nitrogens with one attached hydrogen (secondary N) is 1. The summed E-state index contributed by atoms with van der Waals surface area (Å²) in [4.78, 5) is 20.0. The Morgan fingerprint density at radius 1 is 1.11 bits per heavy atom. The van der Waals surface area contributed by atoms with Crippen molar-refractivity contribution in [2.45, 2.75) is 25.9 Å². The fourth-order valence-corrected chi connectivity index (χ4v) is 3.92. The summed E-state index contributed by atoms with van der Waals surface area (Å²) in [5, 5.41) is 12.6. The molecular weight excluding hydrogens is 352 g/mol. The van der Waals surface area contributed by atoms with E-state index in [1.807, 2.05) is 59.0 Å². The van der Waals surface area contributed by atoms with Crippen molar-refractivity contribution in [3.05, 3.63) is 77.5 Å². The van der Waals surface area contributed by atoms with E-state index >= 15 is 0 Å². The van der Waals surface area contributed by atoms with E-state index in [0.717, 1.165) is 28.1 Å². The van der Waals surface area contributed by atoms with Gasteiger partial charge in [0.2, 0.25) is 0 Å². The van der Waals surface area contributed by atoms with Crippen molar-refractivity contribution >= 4 is 16.8 Å². The molecule has 4 aromatic rings. The van der Waals surface area contributed by atoms with E-state index < -0.39 is 0 Å². The number of nitrogens with zero attached hydrogens (tertiary/aromatic N) is 5. The zero-order valence-corrected chi connectivity index (χ0v) is 15.5. The fourth-order valence-electron chi connectivity index (χ4n) is 3.92. The Hall–Kier alpha value is -3.48. The Labute approximate surface area is 162 Å². The lowest BCUT2D eigenvalue weighted by Crippen LogP contribution is -2.43. The predicted molar refractivity (Wildman–Crippen MR) is 105 cm³/mol. The van der Waals surface area contributed by atoms with Gasteiger partial charge in [0.1, 0.15) is 11.6 Å². The van der Waals surface area contributed by atoms with Crippen molar-refractivity contribution in [3.8, 4) is 0 Å². The second-order valence-electron chi connectivity index (χ2n) is 7.06. The number of para-hydroxylation sites is 1. The van der Waals surface area contributed by atoms with Crippen molar-refractivity contribution in [1.82, 2.24) is 29.9 Å². The lowest BCUT2D eigenvalue weighted by molar-refractivity contribution is 0.0604. The van der Waals surface area contributed by atoms with Crippen LogP contribution in [0.3, 0.4) is 0 Å². The SMILES string of the molecule is Cc1nc2n(n1)CCN(C(=O)c1n[nH]c3ccccc13)[C@H]2Cc1ccccc1. The van der Waals surface area contributed by atoms with Crippen LogP contribution in [0, 0.1) is 6.92 Å². The summed E-state index contributed by atoms with van der Waals surface area (Å²) >= 11 is 0. The van der Waals surface area contributed by atoms with Gasteiger partial charge < -0.3 is 4.90 Å². The molecule has 2 aromatic carbocycles. The summed E-state index contributed by atoms with van der Waals surface area (Å²) in [6.45, 7) is 3.10. The maximum atomic E-state index is 13.5. The smallest absolute Gasteiger partial charge is 0.275 e. The van der Waals surface area contributed by atoms with E-state index in [4.69, 9.17) is 0 Å². The van der Waals surface area contributed by atoms with Crippen LogP contribution in [0.25, 0.3) is 10.9 Å². The molecule has 140 valence electrons. The first-order valence-electron chi connectivity index (χ1n) is 9.40. The van der Waals surface area contributed by atoms with Crippen LogP contribution in [-0.4, -0.2) is 42.3 Å². The average Bonchev–Trinajstić information content (AvgIpc) is 3.31. The predicted octanol–water partition coefficient (Wildman–Crippen LogP) is 2.90. The monoisotopic (exact) mass is 372 g/mol. The lowest BCUT2D eigenvalue weighted by atomic mass is 10.0. The Bertz CT molecular complexity index is 1150. The summed E-state index contributed by atoms with van der Waals surface area (Å²) in [6, 6.07) is 17.7. The van der Waals surface area contributed by atoms with Crippen molar-refractivity contribution in [2.24, 2.45) is 0 Å². The second-order valence-corrected chi connectivity index (χ2v) is 7.06. The van der Waals surface area contributed by atoms with Crippen LogP contribution in [-0.2, 0) is 13.0 Å². The molecule has 2 aromatic heterocycles. The molecule has 0 radical (unpaired) electrons. The topological polar surface area (TPSA) is 79.7 Å².